The minimum absolute atomic E-state index is 0.500. The van der Waals surface area contributed by atoms with Crippen LogP contribution in [-0.4, -0.2) is 76.0 Å². The molecular formula is C18H38N2O3S2. The van der Waals surface area contributed by atoms with E-state index in [1.54, 1.807) is 0 Å². The monoisotopic (exact) mass is 394 g/mol. The van der Waals surface area contributed by atoms with Crippen molar-refractivity contribution in [2.45, 2.75) is 38.5 Å². The lowest BCUT2D eigenvalue weighted by atomic mass is 10.4. The van der Waals surface area contributed by atoms with Gasteiger partial charge in [-0.2, -0.15) is 11.8 Å². The molecule has 5 nitrogen and oxygen atoms in total. The highest BCUT2D eigenvalue weighted by Crippen LogP contribution is 2.14. The SMILES string of the molecule is C1CCNC1.C1CCOC1.C1CCSC1.C1COCO1.C1CSCN1. The van der Waals surface area contributed by atoms with Crippen LogP contribution >= 0.6 is 23.5 Å². The second kappa shape index (κ2) is 20.8. The predicted molar refractivity (Wildman–Crippen MR) is 111 cm³/mol. The van der Waals surface area contributed by atoms with Gasteiger partial charge in [0.1, 0.15) is 6.79 Å². The molecule has 150 valence electrons. The van der Waals surface area contributed by atoms with Crippen molar-refractivity contribution < 1.29 is 14.2 Å². The number of ether oxygens (including phenoxy) is 3. The van der Waals surface area contributed by atoms with E-state index in [-0.39, 0.29) is 0 Å². The van der Waals surface area contributed by atoms with Crippen LogP contribution in [0.25, 0.3) is 0 Å². The summed E-state index contributed by atoms with van der Waals surface area (Å²) in [6.07, 6.45) is 8.26. The Morgan fingerprint density at radius 3 is 1.40 bits per heavy atom. The van der Waals surface area contributed by atoms with E-state index >= 15 is 0 Å². The number of nitrogens with one attached hydrogen (secondary N) is 2. The normalized spacial score (nSPS) is 24.0. The van der Waals surface area contributed by atoms with E-state index in [1.807, 2.05) is 11.8 Å². The Hall–Kier alpha value is 0.500. The van der Waals surface area contributed by atoms with Gasteiger partial charge in [0, 0.05) is 31.4 Å². The largest absolute Gasteiger partial charge is 0.381 e. The first-order valence-corrected chi connectivity index (χ1v) is 12.1. The van der Waals surface area contributed by atoms with E-state index in [4.69, 9.17) is 14.2 Å². The fourth-order valence-corrected chi connectivity index (χ4v) is 4.04. The lowest BCUT2D eigenvalue weighted by molar-refractivity contribution is 0.0692. The van der Waals surface area contributed by atoms with Crippen LogP contribution in [0.5, 0.6) is 0 Å². The second-order valence-corrected chi connectivity index (χ2v) is 8.41. The summed E-state index contributed by atoms with van der Waals surface area (Å²) in [6.45, 7) is 7.77. The van der Waals surface area contributed by atoms with Crippen molar-refractivity contribution in [1.82, 2.24) is 10.6 Å². The van der Waals surface area contributed by atoms with E-state index in [0.29, 0.717) is 6.79 Å². The van der Waals surface area contributed by atoms with Crippen LogP contribution in [-0.2, 0) is 14.2 Å². The van der Waals surface area contributed by atoms with Crippen molar-refractivity contribution in [3.63, 3.8) is 0 Å². The van der Waals surface area contributed by atoms with Gasteiger partial charge in [-0.25, -0.2) is 0 Å². The van der Waals surface area contributed by atoms with Gasteiger partial charge in [-0.1, -0.05) is 0 Å². The molecule has 0 aliphatic carbocycles. The summed E-state index contributed by atoms with van der Waals surface area (Å²) in [5.41, 5.74) is 0. The molecule has 0 amide bonds. The molecule has 0 unspecified atom stereocenters. The average molecular weight is 395 g/mol. The van der Waals surface area contributed by atoms with E-state index < -0.39 is 0 Å². The van der Waals surface area contributed by atoms with E-state index in [9.17, 15) is 0 Å². The fraction of sp³-hybridized carbons (Fsp3) is 1.00. The maximum absolute atomic E-state index is 4.94. The van der Waals surface area contributed by atoms with Crippen LogP contribution in [0.1, 0.15) is 38.5 Å². The zero-order chi connectivity index (χ0) is 17.7. The van der Waals surface area contributed by atoms with Gasteiger partial charge in [-0.05, 0) is 63.1 Å². The number of hydrogen-bond acceptors (Lipinski definition) is 7. The topological polar surface area (TPSA) is 51.8 Å². The van der Waals surface area contributed by atoms with Crippen molar-refractivity contribution in [3.8, 4) is 0 Å². The number of hydrogen-bond donors (Lipinski definition) is 2. The third-order valence-electron chi connectivity index (χ3n) is 3.78. The molecule has 0 radical (unpaired) electrons. The standard InChI is InChI=1S/C4H9N.C4H8O.C4H8S.C3H7NS.C3H6O2/c3*1-2-4-5-3-1;2*1-2-5-3-4-1/h5H,1-4H2;2*1-4H2;4H,1-3H2;1-3H2. The molecule has 0 bridgehead atoms. The highest BCUT2D eigenvalue weighted by atomic mass is 32.2. The van der Waals surface area contributed by atoms with E-state index in [0.717, 1.165) is 26.4 Å². The smallest absolute Gasteiger partial charge is 0.146 e. The summed E-state index contributed by atoms with van der Waals surface area (Å²) in [6, 6.07) is 0. The molecule has 5 aliphatic rings. The quantitative estimate of drug-likeness (QED) is 0.655. The molecule has 25 heavy (non-hydrogen) atoms. The maximum Gasteiger partial charge on any atom is 0.146 e. The molecule has 0 aromatic rings. The lowest BCUT2D eigenvalue weighted by Crippen LogP contribution is -2.04. The minimum Gasteiger partial charge on any atom is -0.381 e. The molecule has 7 heteroatoms. The first-order valence-electron chi connectivity index (χ1n) is 9.80. The van der Waals surface area contributed by atoms with Gasteiger partial charge in [0.05, 0.1) is 13.2 Å². The lowest BCUT2D eigenvalue weighted by Gasteiger charge is -1.76. The summed E-state index contributed by atoms with van der Waals surface area (Å²) in [5.74, 6) is 5.31. The van der Waals surface area contributed by atoms with Crippen LogP contribution in [0.3, 0.4) is 0 Å². The molecule has 5 saturated heterocycles. The summed E-state index contributed by atoms with van der Waals surface area (Å²) < 4.78 is 14.4. The third kappa shape index (κ3) is 19.1. The number of thioether (sulfide) groups is 2. The molecule has 0 atom stereocenters. The summed E-state index contributed by atoms with van der Waals surface area (Å²) in [4.78, 5) is 0. The maximum atomic E-state index is 4.94. The summed E-state index contributed by atoms with van der Waals surface area (Å²) in [7, 11) is 0. The van der Waals surface area contributed by atoms with Crippen molar-refractivity contribution >= 4 is 23.5 Å². The van der Waals surface area contributed by atoms with Gasteiger partial charge in [0.25, 0.3) is 0 Å². The van der Waals surface area contributed by atoms with Gasteiger partial charge >= 0.3 is 0 Å². The highest BCUT2D eigenvalue weighted by molar-refractivity contribution is 7.99. The minimum atomic E-state index is 0.500. The Kier molecular flexibility index (Phi) is 19.6. The van der Waals surface area contributed by atoms with E-state index in [2.05, 4.69) is 22.4 Å². The molecule has 0 saturated carbocycles. The Morgan fingerprint density at radius 2 is 1.20 bits per heavy atom. The number of rotatable bonds is 0. The van der Waals surface area contributed by atoms with Gasteiger partial charge in [-0.15, -0.1) is 11.8 Å². The zero-order valence-electron chi connectivity index (χ0n) is 15.8. The first-order chi connectivity index (χ1) is 12.5. The molecule has 5 fully saturated rings. The van der Waals surface area contributed by atoms with Crippen molar-refractivity contribution in [2.24, 2.45) is 0 Å². The molecule has 0 aromatic heterocycles. The Morgan fingerprint density at radius 1 is 0.520 bits per heavy atom. The molecule has 0 aromatic carbocycles. The Labute approximate surface area is 163 Å². The van der Waals surface area contributed by atoms with Crippen LogP contribution < -0.4 is 10.6 Å². The molecule has 5 heterocycles. The van der Waals surface area contributed by atoms with Crippen molar-refractivity contribution in [1.29, 1.82) is 0 Å². The Balaban J connectivity index is 0.000000156. The summed E-state index contributed by atoms with van der Waals surface area (Å²) >= 11 is 4.04. The van der Waals surface area contributed by atoms with Crippen molar-refractivity contribution in [2.75, 3.05) is 76.0 Å². The molecule has 5 aliphatic heterocycles. The fourth-order valence-electron chi connectivity index (χ4n) is 2.30. The molecule has 5 rings (SSSR count). The second-order valence-electron chi connectivity index (χ2n) is 6.08. The highest BCUT2D eigenvalue weighted by Gasteiger charge is 1.96. The first kappa shape index (κ1) is 23.5. The molecular weight excluding hydrogens is 356 g/mol. The third-order valence-corrected chi connectivity index (χ3v) is 5.83. The van der Waals surface area contributed by atoms with Crippen LogP contribution in [0.15, 0.2) is 0 Å². The van der Waals surface area contributed by atoms with Gasteiger partial charge < -0.3 is 24.8 Å². The molecule has 2 N–H and O–H groups in total. The van der Waals surface area contributed by atoms with Gasteiger partial charge in [0.15, 0.2) is 0 Å². The van der Waals surface area contributed by atoms with Gasteiger partial charge in [0.2, 0.25) is 0 Å². The van der Waals surface area contributed by atoms with Gasteiger partial charge in [-0.3, -0.25) is 0 Å². The zero-order valence-corrected chi connectivity index (χ0v) is 17.4. The predicted octanol–water partition coefficient (Wildman–Crippen LogP) is 2.95. The summed E-state index contributed by atoms with van der Waals surface area (Å²) in [5, 5.41) is 6.41. The molecule has 0 spiro atoms. The van der Waals surface area contributed by atoms with E-state index in [1.165, 1.54) is 81.3 Å². The van der Waals surface area contributed by atoms with Crippen LogP contribution in [0.2, 0.25) is 0 Å². The van der Waals surface area contributed by atoms with Crippen LogP contribution in [0, 0.1) is 0 Å². The average Bonchev–Trinajstić information content (AvgIpc) is 3.55. The Bertz CT molecular complexity index is 148. The van der Waals surface area contributed by atoms with Crippen molar-refractivity contribution in [3.05, 3.63) is 0 Å². The van der Waals surface area contributed by atoms with Crippen LogP contribution in [0.4, 0.5) is 0 Å².